The highest BCUT2D eigenvalue weighted by molar-refractivity contribution is 5.85. The predicted molar refractivity (Wildman–Crippen MR) is 99.4 cm³/mol. The van der Waals surface area contributed by atoms with Gasteiger partial charge in [0.05, 0.1) is 11.3 Å². The van der Waals surface area contributed by atoms with Crippen LogP contribution in [0.1, 0.15) is 20.8 Å². The summed E-state index contributed by atoms with van der Waals surface area (Å²) in [4.78, 5) is 16.0. The first-order chi connectivity index (χ1) is 12.7. The molecule has 3 aromatic rings. The molecule has 0 bridgehead atoms. The van der Waals surface area contributed by atoms with Crippen molar-refractivity contribution in [1.29, 1.82) is 0 Å². The molecule has 1 aromatic heterocycles. The van der Waals surface area contributed by atoms with E-state index < -0.39 is 17.5 Å². The summed E-state index contributed by atoms with van der Waals surface area (Å²) in [5, 5.41) is 6.44. The Bertz CT molecular complexity index is 962. The fourth-order valence-corrected chi connectivity index (χ4v) is 2.29. The number of nitrogens with two attached hydrogens (primary N) is 1. The Hall–Kier alpha value is -3.42. The molecule has 0 radical (unpaired) electrons. The summed E-state index contributed by atoms with van der Waals surface area (Å²) in [5.74, 6) is -0.275. The number of ether oxygens (including phenoxy) is 1. The molecule has 1 amide bonds. The van der Waals surface area contributed by atoms with Crippen molar-refractivity contribution in [1.82, 2.24) is 10.1 Å². The Morgan fingerprint density at radius 3 is 2.56 bits per heavy atom. The highest BCUT2D eigenvalue weighted by Gasteiger charge is 2.17. The minimum atomic E-state index is -0.596. The summed E-state index contributed by atoms with van der Waals surface area (Å²) < 4.78 is 24.5. The van der Waals surface area contributed by atoms with Gasteiger partial charge in [0.25, 0.3) is 5.89 Å². The van der Waals surface area contributed by atoms with Crippen LogP contribution in [0.2, 0.25) is 0 Å². The van der Waals surface area contributed by atoms with Gasteiger partial charge in [-0.05, 0) is 57.2 Å². The predicted octanol–water partition coefficient (Wildman–Crippen LogP) is 4.47. The van der Waals surface area contributed by atoms with Gasteiger partial charge in [-0.1, -0.05) is 11.2 Å². The van der Waals surface area contributed by atoms with Crippen LogP contribution in [0.3, 0.4) is 0 Å². The van der Waals surface area contributed by atoms with Gasteiger partial charge in [-0.3, -0.25) is 5.32 Å². The van der Waals surface area contributed by atoms with Gasteiger partial charge in [0.1, 0.15) is 5.60 Å². The van der Waals surface area contributed by atoms with Crippen molar-refractivity contribution < 1.29 is 18.4 Å². The third-order valence-electron chi connectivity index (χ3n) is 3.47. The number of anilines is 2. The second kappa shape index (κ2) is 7.06. The zero-order valence-electron chi connectivity index (χ0n) is 15.1. The average Bonchev–Trinajstić information content (AvgIpc) is 3.06. The quantitative estimate of drug-likeness (QED) is 0.659. The summed E-state index contributed by atoms with van der Waals surface area (Å²) >= 11 is 0. The fraction of sp³-hybridized carbons (Fsp3) is 0.211. The molecule has 0 unspecified atom stereocenters. The number of hydrogen-bond acceptors (Lipinski definition) is 6. The van der Waals surface area contributed by atoms with Gasteiger partial charge >= 0.3 is 6.09 Å². The molecule has 0 atom stereocenters. The van der Waals surface area contributed by atoms with Gasteiger partial charge < -0.3 is 15.0 Å². The molecule has 140 valence electrons. The Labute approximate surface area is 155 Å². The topological polar surface area (TPSA) is 103 Å². The molecule has 3 N–H and O–H groups in total. The maximum absolute atomic E-state index is 14.1. The lowest BCUT2D eigenvalue weighted by Gasteiger charge is -2.19. The van der Waals surface area contributed by atoms with E-state index in [1.54, 1.807) is 51.1 Å². The minimum absolute atomic E-state index is 0.0106. The highest BCUT2D eigenvalue weighted by atomic mass is 19.1. The van der Waals surface area contributed by atoms with E-state index in [2.05, 4.69) is 15.5 Å². The fourth-order valence-electron chi connectivity index (χ4n) is 2.29. The van der Waals surface area contributed by atoms with Crippen molar-refractivity contribution >= 4 is 17.5 Å². The van der Waals surface area contributed by atoms with Crippen molar-refractivity contribution in [3.05, 3.63) is 48.3 Å². The van der Waals surface area contributed by atoms with Crippen LogP contribution in [-0.2, 0) is 4.74 Å². The van der Waals surface area contributed by atoms with Gasteiger partial charge in [0, 0.05) is 11.3 Å². The molecule has 0 aliphatic rings. The lowest BCUT2D eigenvalue weighted by Crippen LogP contribution is -2.27. The number of hydrogen-bond donors (Lipinski definition) is 2. The van der Waals surface area contributed by atoms with Gasteiger partial charge in [-0.15, -0.1) is 0 Å². The maximum Gasteiger partial charge on any atom is 0.412 e. The standard InChI is InChI=1S/C19H19FN4O3/c1-19(2,3)26-18(25)22-12-9-7-11(8-10-12)17-23-16(24-27-17)13-5-4-6-14(21)15(13)20/h4-10H,21H2,1-3H3,(H,22,25). The maximum atomic E-state index is 14.1. The smallest absolute Gasteiger partial charge is 0.412 e. The van der Waals surface area contributed by atoms with E-state index in [0.29, 0.717) is 11.3 Å². The van der Waals surface area contributed by atoms with E-state index in [1.807, 2.05) is 0 Å². The molecule has 0 spiro atoms. The van der Waals surface area contributed by atoms with Crippen LogP contribution in [0, 0.1) is 5.82 Å². The van der Waals surface area contributed by atoms with Crippen LogP contribution < -0.4 is 11.1 Å². The number of aromatic nitrogens is 2. The van der Waals surface area contributed by atoms with E-state index in [9.17, 15) is 9.18 Å². The molecule has 0 aliphatic heterocycles. The zero-order chi connectivity index (χ0) is 19.6. The Balaban J connectivity index is 1.76. The lowest BCUT2D eigenvalue weighted by molar-refractivity contribution is 0.0636. The van der Waals surface area contributed by atoms with Gasteiger partial charge in [-0.25, -0.2) is 9.18 Å². The third-order valence-corrected chi connectivity index (χ3v) is 3.47. The second-order valence-electron chi connectivity index (χ2n) is 6.84. The van der Waals surface area contributed by atoms with E-state index in [-0.39, 0.29) is 23.0 Å². The molecule has 7 nitrogen and oxygen atoms in total. The van der Waals surface area contributed by atoms with E-state index in [1.165, 1.54) is 12.1 Å². The number of nitrogens with zero attached hydrogens (tertiary/aromatic N) is 2. The third kappa shape index (κ3) is 4.41. The van der Waals surface area contributed by atoms with Crippen LogP contribution in [0.25, 0.3) is 22.8 Å². The first-order valence-corrected chi connectivity index (χ1v) is 8.21. The van der Waals surface area contributed by atoms with Crippen molar-refractivity contribution in [2.24, 2.45) is 0 Å². The molecule has 8 heteroatoms. The number of rotatable bonds is 3. The number of nitrogen functional groups attached to an aromatic ring is 1. The molecule has 0 saturated heterocycles. The average molecular weight is 370 g/mol. The molecule has 0 aliphatic carbocycles. The van der Waals surface area contributed by atoms with Crippen molar-refractivity contribution in [3.8, 4) is 22.8 Å². The first kappa shape index (κ1) is 18.4. The van der Waals surface area contributed by atoms with Crippen LogP contribution >= 0.6 is 0 Å². The first-order valence-electron chi connectivity index (χ1n) is 8.21. The monoisotopic (exact) mass is 370 g/mol. The number of carbonyl (C=O) groups excluding carboxylic acids is 1. The SMILES string of the molecule is CC(C)(C)OC(=O)Nc1ccc(-c2nc(-c3cccc(N)c3F)no2)cc1. The Kier molecular flexibility index (Phi) is 4.81. The molecule has 0 fully saturated rings. The van der Waals surface area contributed by atoms with Gasteiger partial charge in [0.2, 0.25) is 5.82 Å². The molecule has 0 saturated carbocycles. The number of benzene rings is 2. The molecule has 1 heterocycles. The van der Waals surface area contributed by atoms with E-state index in [4.69, 9.17) is 15.0 Å². The molecule has 27 heavy (non-hydrogen) atoms. The van der Waals surface area contributed by atoms with E-state index >= 15 is 0 Å². The summed E-state index contributed by atoms with van der Waals surface area (Å²) in [6.45, 7) is 5.35. The number of nitrogens with one attached hydrogen (secondary N) is 1. The van der Waals surface area contributed by atoms with Gasteiger partial charge in [-0.2, -0.15) is 4.98 Å². The van der Waals surface area contributed by atoms with Crippen LogP contribution in [0.15, 0.2) is 47.0 Å². The zero-order valence-corrected chi connectivity index (χ0v) is 15.1. The van der Waals surface area contributed by atoms with Crippen molar-refractivity contribution in [2.45, 2.75) is 26.4 Å². The van der Waals surface area contributed by atoms with Crippen molar-refractivity contribution in [3.63, 3.8) is 0 Å². The van der Waals surface area contributed by atoms with Crippen LogP contribution in [-0.4, -0.2) is 21.8 Å². The Morgan fingerprint density at radius 1 is 1.19 bits per heavy atom. The second-order valence-corrected chi connectivity index (χ2v) is 6.84. The largest absolute Gasteiger partial charge is 0.444 e. The molecule has 3 rings (SSSR count). The summed E-state index contributed by atoms with van der Waals surface area (Å²) in [6, 6.07) is 11.3. The van der Waals surface area contributed by atoms with Crippen LogP contribution in [0.5, 0.6) is 0 Å². The summed E-state index contributed by atoms with van der Waals surface area (Å²) in [7, 11) is 0. The number of amides is 1. The number of halogens is 1. The molecule has 2 aromatic carbocycles. The van der Waals surface area contributed by atoms with Crippen molar-refractivity contribution in [2.75, 3.05) is 11.1 Å². The molecular formula is C19H19FN4O3. The lowest BCUT2D eigenvalue weighted by atomic mass is 10.1. The van der Waals surface area contributed by atoms with Crippen LogP contribution in [0.4, 0.5) is 20.6 Å². The van der Waals surface area contributed by atoms with E-state index in [0.717, 1.165) is 0 Å². The normalized spacial score (nSPS) is 11.3. The highest BCUT2D eigenvalue weighted by Crippen LogP contribution is 2.27. The Morgan fingerprint density at radius 2 is 1.89 bits per heavy atom. The number of carbonyl (C=O) groups is 1. The summed E-state index contributed by atoms with van der Waals surface area (Å²) in [6.07, 6.45) is -0.549. The molecular weight excluding hydrogens is 351 g/mol. The van der Waals surface area contributed by atoms with Gasteiger partial charge in [0.15, 0.2) is 5.82 Å². The minimum Gasteiger partial charge on any atom is -0.444 e. The summed E-state index contributed by atoms with van der Waals surface area (Å²) in [5.41, 5.74) is 6.32.